The number of hydrogen-bond donors (Lipinski definition) is 2. The molecule has 0 aliphatic heterocycles. The molecule has 0 fully saturated rings. The zero-order valence-electron chi connectivity index (χ0n) is 13.5. The van der Waals surface area contributed by atoms with Crippen molar-refractivity contribution in [1.82, 2.24) is 10.6 Å². The summed E-state index contributed by atoms with van der Waals surface area (Å²) in [6.07, 6.45) is 0.468. The maximum Gasteiger partial charge on any atom is 0.315 e. The molecule has 4 nitrogen and oxygen atoms in total. The summed E-state index contributed by atoms with van der Waals surface area (Å²) < 4.78 is 13.5. The van der Waals surface area contributed by atoms with Gasteiger partial charge in [0.05, 0.1) is 0 Å². The summed E-state index contributed by atoms with van der Waals surface area (Å²) in [5.74, 6) is -0.241. The van der Waals surface area contributed by atoms with Gasteiger partial charge in [-0.05, 0) is 35.7 Å². The van der Waals surface area contributed by atoms with Crippen LogP contribution in [0.5, 0.6) is 0 Å². The molecule has 0 aliphatic carbocycles. The lowest BCUT2D eigenvalue weighted by atomic mass is 10.1. The first-order valence-electron chi connectivity index (χ1n) is 7.57. The Bertz CT molecular complexity index is 658. The van der Waals surface area contributed by atoms with Gasteiger partial charge < -0.3 is 15.5 Å². The highest BCUT2D eigenvalue weighted by Crippen LogP contribution is 2.13. The fourth-order valence-corrected chi connectivity index (χ4v) is 2.20. The minimum absolute atomic E-state index is 0.241. The van der Waals surface area contributed by atoms with Crippen LogP contribution in [0, 0.1) is 5.82 Å². The standard InChI is InChI=1S/C18H22FN3O/c1-22(2)16-8-5-6-14(12-16)13-21-18(23)20-11-10-15-7-3-4-9-17(15)19/h3-9,12H,10-11,13H2,1-2H3,(H2,20,21,23). The highest BCUT2D eigenvalue weighted by molar-refractivity contribution is 5.73. The molecular weight excluding hydrogens is 293 g/mol. The summed E-state index contributed by atoms with van der Waals surface area (Å²) in [5, 5.41) is 5.54. The van der Waals surface area contributed by atoms with E-state index in [1.165, 1.54) is 6.07 Å². The van der Waals surface area contributed by atoms with Gasteiger partial charge in [0.15, 0.2) is 0 Å². The molecule has 0 saturated carbocycles. The smallest absolute Gasteiger partial charge is 0.315 e. The van der Waals surface area contributed by atoms with Crippen LogP contribution in [0.3, 0.4) is 0 Å². The van der Waals surface area contributed by atoms with E-state index in [0.717, 1.165) is 11.3 Å². The molecule has 0 bridgehead atoms. The molecule has 2 aromatic rings. The molecule has 2 amide bonds. The van der Waals surface area contributed by atoms with E-state index in [2.05, 4.69) is 10.6 Å². The fraction of sp³-hybridized carbons (Fsp3) is 0.278. The SMILES string of the molecule is CN(C)c1cccc(CNC(=O)NCCc2ccccc2F)c1. The first-order valence-corrected chi connectivity index (χ1v) is 7.57. The molecule has 0 atom stereocenters. The topological polar surface area (TPSA) is 44.4 Å². The Hall–Kier alpha value is -2.56. The first-order chi connectivity index (χ1) is 11.1. The lowest BCUT2D eigenvalue weighted by molar-refractivity contribution is 0.240. The molecule has 2 rings (SSSR count). The Morgan fingerprint density at radius 1 is 1.09 bits per heavy atom. The molecule has 0 saturated heterocycles. The summed E-state index contributed by atoms with van der Waals surface area (Å²) >= 11 is 0. The molecule has 0 aromatic heterocycles. The van der Waals surface area contributed by atoms with Gasteiger partial charge in [-0.3, -0.25) is 0 Å². The number of nitrogens with zero attached hydrogens (tertiary/aromatic N) is 1. The molecule has 2 aromatic carbocycles. The molecule has 0 radical (unpaired) electrons. The van der Waals surface area contributed by atoms with Crippen LogP contribution in [0.1, 0.15) is 11.1 Å². The van der Waals surface area contributed by atoms with Crippen LogP contribution in [-0.4, -0.2) is 26.7 Å². The highest BCUT2D eigenvalue weighted by Gasteiger charge is 2.04. The largest absolute Gasteiger partial charge is 0.378 e. The van der Waals surface area contributed by atoms with Gasteiger partial charge in [0.1, 0.15) is 5.82 Å². The second-order valence-electron chi connectivity index (χ2n) is 5.52. The number of carbonyl (C=O) groups is 1. The van der Waals surface area contributed by atoms with E-state index in [0.29, 0.717) is 25.1 Å². The van der Waals surface area contributed by atoms with Crippen LogP contribution in [0.2, 0.25) is 0 Å². The average Bonchev–Trinajstić information content (AvgIpc) is 2.55. The van der Waals surface area contributed by atoms with E-state index < -0.39 is 0 Å². The third kappa shape index (κ3) is 5.29. The Balaban J connectivity index is 1.75. The normalized spacial score (nSPS) is 10.2. The molecule has 23 heavy (non-hydrogen) atoms. The lowest BCUT2D eigenvalue weighted by Crippen LogP contribution is -2.36. The van der Waals surface area contributed by atoms with E-state index in [1.807, 2.05) is 43.3 Å². The second kappa shape index (κ2) is 8.17. The molecule has 5 heteroatoms. The zero-order valence-corrected chi connectivity index (χ0v) is 13.5. The second-order valence-corrected chi connectivity index (χ2v) is 5.52. The van der Waals surface area contributed by atoms with Crippen LogP contribution < -0.4 is 15.5 Å². The Kier molecular flexibility index (Phi) is 5.97. The van der Waals surface area contributed by atoms with Crippen LogP contribution in [0.4, 0.5) is 14.9 Å². The highest BCUT2D eigenvalue weighted by atomic mass is 19.1. The Labute approximate surface area is 136 Å². The van der Waals surface area contributed by atoms with Crippen molar-refractivity contribution in [2.75, 3.05) is 25.5 Å². The van der Waals surface area contributed by atoms with Gasteiger partial charge in [0.2, 0.25) is 0 Å². The van der Waals surface area contributed by atoms with Crippen LogP contribution in [0.15, 0.2) is 48.5 Å². The van der Waals surface area contributed by atoms with Crippen molar-refractivity contribution in [3.63, 3.8) is 0 Å². The summed E-state index contributed by atoms with van der Waals surface area (Å²) in [6.45, 7) is 0.845. The predicted octanol–water partition coefficient (Wildman–Crippen LogP) is 2.93. The van der Waals surface area contributed by atoms with Gasteiger partial charge in [-0.15, -0.1) is 0 Å². The molecule has 0 aliphatic rings. The average molecular weight is 315 g/mol. The van der Waals surface area contributed by atoms with Crippen molar-refractivity contribution < 1.29 is 9.18 Å². The van der Waals surface area contributed by atoms with E-state index in [4.69, 9.17) is 0 Å². The maximum atomic E-state index is 13.5. The summed E-state index contributed by atoms with van der Waals surface area (Å²) in [7, 11) is 3.95. The number of carbonyl (C=O) groups excluding carboxylic acids is 1. The quantitative estimate of drug-likeness (QED) is 0.861. The van der Waals surface area contributed by atoms with Gasteiger partial charge >= 0.3 is 6.03 Å². The van der Waals surface area contributed by atoms with Crippen LogP contribution in [-0.2, 0) is 13.0 Å². The van der Waals surface area contributed by atoms with Crippen LogP contribution >= 0.6 is 0 Å². The number of nitrogens with one attached hydrogen (secondary N) is 2. The van der Waals surface area contributed by atoms with E-state index in [9.17, 15) is 9.18 Å². The minimum Gasteiger partial charge on any atom is -0.378 e. The van der Waals surface area contributed by atoms with Gasteiger partial charge in [-0.1, -0.05) is 30.3 Å². The number of urea groups is 1. The van der Waals surface area contributed by atoms with Crippen molar-refractivity contribution in [2.24, 2.45) is 0 Å². The number of amides is 2. The van der Waals surface area contributed by atoms with E-state index >= 15 is 0 Å². The zero-order chi connectivity index (χ0) is 16.7. The summed E-state index contributed by atoms with van der Waals surface area (Å²) in [6, 6.07) is 14.3. The fourth-order valence-electron chi connectivity index (χ4n) is 2.20. The van der Waals surface area contributed by atoms with Gasteiger partial charge in [0.25, 0.3) is 0 Å². The van der Waals surface area contributed by atoms with E-state index in [1.54, 1.807) is 18.2 Å². The molecule has 0 unspecified atom stereocenters. The number of rotatable bonds is 6. The van der Waals surface area contributed by atoms with Gasteiger partial charge in [-0.25, -0.2) is 9.18 Å². The van der Waals surface area contributed by atoms with E-state index in [-0.39, 0.29) is 11.8 Å². The number of hydrogen-bond acceptors (Lipinski definition) is 2. The van der Waals surface area contributed by atoms with Crippen molar-refractivity contribution in [2.45, 2.75) is 13.0 Å². The number of halogens is 1. The minimum atomic E-state index is -0.253. The molecule has 0 heterocycles. The predicted molar refractivity (Wildman–Crippen MR) is 91.1 cm³/mol. The lowest BCUT2D eigenvalue weighted by Gasteiger charge is -2.14. The van der Waals surface area contributed by atoms with Crippen molar-refractivity contribution in [3.8, 4) is 0 Å². The van der Waals surface area contributed by atoms with Crippen molar-refractivity contribution >= 4 is 11.7 Å². The van der Waals surface area contributed by atoms with Crippen molar-refractivity contribution in [1.29, 1.82) is 0 Å². The molecule has 122 valence electrons. The number of benzene rings is 2. The van der Waals surface area contributed by atoms with Crippen molar-refractivity contribution in [3.05, 3.63) is 65.5 Å². The molecule has 0 spiro atoms. The summed E-state index contributed by atoms with van der Waals surface area (Å²) in [5.41, 5.74) is 2.72. The monoisotopic (exact) mass is 315 g/mol. The summed E-state index contributed by atoms with van der Waals surface area (Å²) in [4.78, 5) is 13.8. The third-order valence-electron chi connectivity index (χ3n) is 3.52. The third-order valence-corrected chi connectivity index (χ3v) is 3.52. The van der Waals surface area contributed by atoms with Gasteiger partial charge in [0, 0.05) is 32.9 Å². The van der Waals surface area contributed by atoms with Gasteiger partial charge in [-0.2, -0.15) is 0 Å². The first kappa shape index (κ1) is 16.8. The Morgan fingerprint density at radius 3 is 2.61 bits per heavy atom. The van der Waals surface area contributed by atoms with Crippen LogP contribution in [0.25, 0.3) is 0 Å². The number of anilines is 1. The molecule has 2 N–H and O–H groups in total. The Morgan fingerprint density at radius 2 is 1.87 bits per heavy atom. The maximum absolute atomic E-state index is 13.5. The molecular formula is C18H22FN3O.